The second-order valence-electron chi connectivity index (χ2n) is 5.92. The smallest absolute Gasteiger partial charge is 0.270 e. The van der Waals surface area contributed by atoms with Crippen molar-refractivity contribution in [2.75, 3.05) is 4.90 Å². The number of phenols is 1. The zero-order valence-electron chi connectivity index (χ0n) is 14.8. The number of benzene rings is 2. The fourth-order valence-corrected chi connectivity index (χ4v) is 2.63. The minimum absolute atomic E-state index is 0.0319. The summed E-state index contributed by atoms with van der Waals surface area (Å²) in [5, 5.41) is 21.1. The quantitative estimate of drug-likeness (QED) is 0.400. The van der Waals surface area contributed by atoms with Gasteiger partial charge in [0, 0.05) is 24.4 Å². The number of non-ortho nitro benzene ring substituents is 1. The van der Waals surface area contributed by atoms with E-state index in [2.05, 4.69) is 4.98 Å². The molecule has 0 aliphatic carbocycles. The summed E-state index contributed by atoms with van der Waals surface area (Å²) in [5.74, 6) is -0.422. The fourth-order valence-electron chi connectivity index (χ4n) is 2.63. The third kappa shape index (κ3) is 4.59. The summed E-state index contributed by atoms with van der Waals surface area (Å²) in [5.41, 5.74) is 1.47. The molecule has 0 aliphatic heterocycles. The Bertz CT molecular complexity index is 1020. The number of anilines is 1. The van der Waals surface area contributed by atoms with E-state index in [1.54, 1.807) is 48.7 Å². The number of carbonyl (C=O) groups is 1. The highest BCUT2D eigenvalue weighted by Gasteiger charge is 2.17. The van der Waals surface area contributed by atoms with E-state index < -0.39 is 10.8 Å². The Kier molecular flexibility index (Phi) is 5.76. The fraction of sp³-hybridized carbons (Fsp3) is 0.0476. The van der Waals surface area contributed by atoms with Crippen LogP contribution in [0.25, 0.3) is 6.08 Å². The van der Waals surface area contributed by atoms with Crippen LogP contribution >= 0.6 is 0 Å². The predicted octanol–water partition coefficient (Wildman–Crippen LogP) is 3.94. The van der Waals surface area contributed by atoms with Crippen LogP contribution in [0.3, 0.4) is 0 Å². The van der Waals surface area contributed by atoms with E-state index in [-0.39, 0.29) is 18.0 Å². The van der Waals surface area contributed by atoms with Crippen LogP contribution in [0.1, 0.15) is 11.3 Å². The van der Waals surface area contributed by atoms with Crippen molar-refractivity contribution in [1.29, 1.82) is 0 Å². The number of amides is 1. The van der Waals surface area contributed by atoms with E-state index in [0.717, 1.165) is 0 Å². The van der Waals surface area contributed by atoms with E-state index in [1.165, 1.54) is 35.3 Å². The molecule has 1 heterocycles. The summed E-state index contributed by atoms with van der Waals surface area (Å²) >= 11 is 0. The van der Waals surface area contributed by atoms with E-state index in [1.807, 2.05) is 6.07 Å². The number of aromatic hydroxyl groups is 1. The zero-order chi connectivity index (χ0) is 19.9. The van der Waals surface area contributed by atoms with Crippen LogP contribution < -0.4 is 4.90 Å². The molecular weight excluding hydrogens is 358 g/mol. The molecule has 3 aromatic rings. The van der Waals surface area contributed by atoms with Crippen LogP contribution in [0.2, 0.25) is 0 Å². The number of hydrogen-bond donors (Lipinski definition) is 1. The first-order valence-electron chi connectivity index (χ1n) is 8.46. The molecule has 1 N–H and O–H groups in total. The number of aromatic nitrogens is 1. The Labute approximate surface area is 161 Å². The first kappa shape index (κ1) is 18.8. The highest BCUT2D eigenvalue weighted by molar-refractivity contribution is 6.04. The molecule has 140 valence electrons. The molecule has 0 bridgehead atoms. The molecule has 3 rings (SSSR count). The molecule has 28 heavy (non-hydrogen) atoms. The van der Waals surface area contributed by atoms with Gasteiger partial charge < -0.3 is 5.11 Å². The Morgan fingerprint density at radius 3 is 2.61 bits per heavy atom. The number of rotatable bonds is 6. The number of nitro benzene ring substituents is 1. The van der Waals surface area contributed by atoms with Crippen molar-refractivity contribution in [3.05, 3.63) is 100 Å². The third-order valence-electron chi connectivity index (χ3n) is 3.98. The van der Waals surface area contributed by atoms with Crippen molar-refractivity contribution in [2.45, 2.75) is 6.54 Å². The average Bonchev–Trinajstić information content (AvgIpc) is 2.72. The van der Waals surface area contributed by atoms with Gasteiger partial charge >= 0.3 is 0 Å². The Balaban J connectivity index is 1.89. The van der Waals surface area contributed by atoms with Crippen molar-refractivity contribution in [3.8, 4) is 5.75 Å². The van der Waals surface area contributed by atoms with Crippen LogP contribution in [0, 0.1) is 10.1 Å². The molecule has 2 aromatic carbocycles. The van der Waals surface area contributed by atoms with Gasteiger partial charge in [0.25, 0.3) is 11.6 Å². The number of phenolic OH excluding ortho intramolecular Hbond substituents is 1. The number of nitrogens with zero attached hydrogens (tertiary/aromatic N) is 3. The second-order valence-corrected chi connectivity index (χ2v) is 5.92. The molecule has 0 fully saturated rings. The molecule has 7 heteroatoms. The molecule has 7 nitrogen and oxygen atoms in total. The predicted molar refractivity (Wildman–Crippen MR) is 106 cm³/mol. The Morgan fingerprint density at radius 1 is 1.11 bits per heavy atom. The molecular formula is C21H17N3O4. The molecule has 0 aliphatic rings. The first-order chi connectivity index (χ1) is 13.5. The lowest BCUT2D eigenvalue weighted by molar-refractivity contribution is -0.384. The third-order valence-corrected chi connectivity index (χ3v) is 3.98. The van der Waals surface area contributed by atoms with Crippen molar-refractivity contribution in [2.24, 2.45) is 0 Å². The van der Waals surface area contributed by atoms with Crippen LogP contribution in [-0.2, 0) is 11.3 Å². The van der Waals surface area contributed by atoms with Gasteiger partial charge in [0.2, 0.25) is 0 Å². The molecule has 1 aromatic heterocycles. The van der Waals surface area contributed by atoms with Crippen LogP contribution in [0.5, 0.6) is 5.75 Å². The molecule has 0 unspecified atom stereocenters. The largest absolute Gasteiger partial charge is 0.506 e. The average molecular weight is 375 g/mol. The van der Waals surface area contributed by atoms with Gasteiger partial charge in [0.1, 0.15) is 5.75 Å². The highest BCUT2D eigenvalue weighted by atomic mass is 16.6. The molecule has 1 amide bonds. The second kappa shape index (κ2) is 8.59. The minimum Gasteiger partial charge on any atom is -0.506 e. The normalized spacial score (nSPS) is 10.7. The molecule has 0 radical (unpaired) electrons. The van der Waals surface area contributed by atoms with Gasteiger partial charge in [-0.2, -0.15) is 0 Å². The van der Waals surface area contributed by atoms with E-state index in [4.69, 9.17) is 0 Å². The maximum Gasteiger partial charge on any atom is 0.270 e. The van der Waals surface area contributed by atoms with Crippen molar-refractivity contribution in [1.82, 2.24) is 4.98 Å². The number of para-hydroxylation sites is 2. The number of nitro groups is 1. The number of carbonyl (C=O) groups excluding carboxylic acids is 1. The molecule has 0 saturated heterocycles. The van der Waals surface area contributed by atoms with Gasteiger partial charge in [0.15, 0.2) is 0 Å². The van der Waals surface area contributed by atoms with Gasteiger partial charge in [-0.3, -0.25) is 24.8 Å². The molecule has 0 spiro atoms. The molecule has 0 atom stereocenters. The standard InChI is InChI=1S/C21H17N3O4/c25-20-10-2-1-9-19(20)23(15-17-7-3-4-13-22-17)21(26)12-11-16-6-5-8-18(14-16)24(27)28/h1-14,25H,15H2/b12-11+. The van der Waals surface area contributed by atoms with Crippen LogP contribution in [0.4, 0.5) is 11.4 Å². The summed E-state index contributed by atoms with van der Waals surface area (Å²) in [6.07, 6.45) is 4.44. The zero-order valence-corrected chi connectivity index (χ0v) is 14.8. The lowest BCUT2D eigenvalue weighted by atomic mass is 10.1. The Morgan fingerprint density at radius 2 is 1.89 bits per heavy atom. The maximum absolute atomic E-state index is 12.9. The van der Waals surface area contributed by atoms with Gasteiger partial charge in [-0.1, -0.05) is 30.3 Å². The van der Waals surface area contributed by atoms with Gasteiger partial charge in [-0.15, -0.1) is 0 Å². The number of pyridine rings is 1. The van der Waals surface area contributed by atoms with Crippen molar-refractivity contribution >= 4 is 23.4 Å². The van der Waals surface area contributed by atoms with Crippen LogP contribution in [-0.4, -0.2) is 20.9 Å². The number of hydrogen-bond acceptors (Lipinski definition) is 5. The van der Waals surface area contributed by atoms with Crippen molar-refractivity contribution < 1.29 is 14.8 Å². The Hall–Kier alpha value is -4.00. The van der Waals surface area contributed by atoms with Gasteiger partial charge in [0.05, 0.1) is 22.8 Å². The summed E-state index contributed by atoms with van der Waals surface area (Å²) < 4.78 is 0. The monoisotopic (exact) mass is 375 g/mol. The van der Waals surface area contributed by atoms with Crippen molar-refractivity contribution in [3.63, 3.8) is 0 Å². The van der Waals surface area contributed by atoms with E-state index in [9.17, 15) is 20.0 Å². The van der Waals surface area contributed by atoms with Crippen LogP contribution in [0.15, 0.2) is 79.0 Å². The summed E-state index contributed by atoms with van der Waals surface area (Å²) in [6.45, 7) is 0.163. The summed E-state index contributed by atoms with van der Waals surface area (Å²) in [7, 11) is 0. The van der Waals surface area contributed by atoms with Gasteiger partial charge in [-0.25, -0.2) is 0 Å². The first-order valence-corrected chi connectivity index (χ1v) is 8.46. The molecule has 0 saturated carbocycles. The maximum atomic E-state index is 12.9. The lowest BCUT2D eigenvalue weighted by Crippen LogP contribution is -2.29. The summed E-state index contributed by atoms with van der Waals surface area (Å²) in [4.78, 5) is 28.9. The van der Waals surface area contributed by atoms with E-state index >= 15 is 0 Å². The minimum atomic E-state index is -0.492. The van der Waals surface area contributed by atoms with E-state index in [0.29, 0.717) is 16.9 Å². The lowest BCUT2D eigenvalue weighted by Gasteiger charge is -2.22. The van der Waals surface area contributed by atoms with Gasteiger partial charge in [-0.05, 0) is 35.9 Å². The highest BCUT2D eigenvalue weighted by Crippen LogP contribution is 2.28. The summed E-state index contributed by atoms with van der Waals surface area (Å²) in [6, 6.07) is 17.9. The SMILES string of the molecule is O=C(/C=C/c1cccc([N+](=O)[O-])c1)N(Cc1ccccn1)c1ccccc1O. The topological polar surface area (TPSA) is 96.6 Å².